The number of halogens is 2. The Bertz CT molecular complexity index is 909. The molecule has 1 fully saturated rings. The molecule has 0 spiro atoms. The molecule has 24 heavy (non-hydrogen) atoms. The third-order valence-electron chi connectivity index (χ3n) is 3.80. The highest BCUT2D eigenvalue weighted by molar-refractivity contribution is 7.98. The number of aromatic nitrogens is 3. The zero-order valence-electron chi connectivity index (χ0n) is 12.8. The molecule has 1 saturated carbocycles. The van der Waals surface area contributed by atoms with Crippen LogP contribution >= 0.6 is 34.7 Å². The third kappa shape index (κ3) is 3.06. The Morgan fingerprint density at radius 1 is 1.25 bits per heavy atom. The minimum Gasteiger partial charge on any atom is -0.240 e. The highest BCUT2D eigenvalue weighted by atomic mass is 35.5. The molecule has 3 aromatic rings. The van der Waals surface area contributed by atoms with Gasteiger partial charge in [-0.1, -0.05) is 23.4 Å². The van der Waals surface area contributed by atoms with Crippen molar-refractivity contribution < 1.29 is 4.39 Å². The standard InChI is InChI=1S/C17H13ClFN3S2/c1-23-17-20-7-6-13(21-17)15-14(22-16(24-15)9-2-3-9)11-8-10(18)4-5-12(11)19/h4-9H,2-3H2,1H3. The largest absolute Gasteiger partial charge is 0.240 e. The zero-order valence-corrected chi connectivity index (χ0v) is 15.2. The van der Waals surface area contributed by atoms with E-state index in [0.29, 0.717) is 27.4 Å². The van der Waals surface area contributed by atoms with Gasteiger partial charge in [0.25, 0.3) is 0 Å². The van der Waals surface area contributed by atoms with E-state index in [1.807, 2.05) is 12.3 Å². The van der Waals surface area contributed by atoms with Crippen molar-refractivity contribution in [2.45, 2.75) is 23.9 Å². The van der Waals surface area contributed by atoms with Crippen molar-refractivity contribution in [3.63, 3.8) is 0 Å². The summed E-state index contributed by atoms with van der Waals surface area (Å²) in [6.45, 7) is 0. The molecule has 2 heterocycles. The molecule has 0 amide bonds. The smallest absolute Gasteiger partial charge is 0.187 e. The van der Waals surface area contributed by atoms with Crippen LogP contribution in [0.5, 0.6) is 0 Å². The first kappa shape index (κ1) is 16.0. The number of thioether (sulfide) groups is 1. The van der Waals surface area contributed by atoms with E-state index in [1.165, 1.54) is 17.8 Å². The molecule has 0 N–H and O–H groups in total. The van der Waals surface area contributed by atoms with Crippen molar-refractivity contribution in [1.29, 1.82) is 0 Å². The molecule has 7 heteroatoms. The third-order valence-corrected chi connectivity index (χ3v) is 5.84. The van der Waals surface area contributed by atoms with E-state index in [1.54, 1.807) is 29.7 Å². The van der Waals surface area contributed by atoms with Gasteiger partial charge in [-0.15, -0.1) is 11.3 Å². The second-order valence-corrected chi connectivity index (χ2v) is 7.80. The van der Waals surface area contributed by atoms with E-state index in [2.05, 4.69) is 9.97 Å². The number of thiazole rings is 1. The van der Waals surface area contributed by atoms with Crippen molar-refractivity contribution in [2.24, 2.45) is 0 Å². The molecule has 0 radical (unpaired) electrons. The van der Waals surface area contributed by atoms with Gasteiger partial charge in [0, 0.05) is 22.7 Å². The van der Waals surface area contributed by atoms with Crippen LogP contribution in [-0.4, -0.2) is 21.2 Å². The lowest BCUT2D eigenvalue weighted by Gasteiger charge is -2.05. The van der Waals surface area contributed by atoms with Crippen molar-refractivity contribution in [2.75, 3.05) is 6.26 Å². The number of rotatable bonds is 4. The summed E-state index contributed by atoms with van der Waals surface area (Å²) in [7, 11) is 0. The molecule has 0 saturated heterocycles. The molecule has 122 valence electrons. The molecule has 0 bridgehead atoms. The van der Waals surface area contributed by atoms with Gasteiger partial charge >= 0.3 is 0 Å². The predicted molar refractivity (Wildman–Crippen MR) is 97.3 cm³/mol. The zero-order chi connectivity index (χ0) is 16.7. The summed E-state index contributed by atoms with van der Waals surface area (Å²) in [5, 5.41) is 2.22. The van der Waals surface area contributed by atoms with Gasteiger partial charge < -0.3 is 0 Å². The van der Waals surface area contributed by atoms with Gasteiger partial charge in [0.2, 0.25) is 0 Å². The summed E-state index contributed by atoms with van der Waals surface area (Å²) in [6, 6.07) is 6.40. The number of hydrogen-bond donors (Lipinski definition) is 0. The van der Waals surface area contributed by atoms with E-state index in [-0.39, 0.29) is 5.82 Å². The van der Waals surface area contributed by atoms with Crippen LogP contribution < -0.4 is 0 Å². The Morgan fingerprint density at radius 2 is 2.08 bits per heavy atom. The van der Waals surface area contributed by atoms with Gasteiger partial charge in [-0.2, -0.15) is 0 Å². The second kappa shape index (κ2) is 6.43. The first-order valence-corrected chi connectivity index (χ1v) is 9.91. The number of nitrogens with zero attached hydrogens (tertiary/aromatic N) is 3. The fourth-order valence-electron chi connectivity index (χ4n) is 2.44. The normalized spacial score (nSPS) is 14.1. The fourth-order valence-corrected chi connectivity index (χ4v) is 4.19. The molecule has 2 aromatic heterocycles. The van der Waals surface area contributed by atoms with Crippen molar-refractivity contribution in [3.8, 4) is 21.8 Å². The van der Waals surface area contributed by atoms with E-state index in [0.717, 1.165) is 28.4 Å². The molecule has 1 aliphatic carbocycles. The van der Waals surface area contributed by atoms with Gasteiger partial charge in [-0.3, -0.25) is 0 Å². The van der Waals surface area contributed by atoms with Crippen LogP contribution in [0.1, 0.15) is 23.8 Å². The Kier molecular flexibility index (Phi) is 4.28. The Hall–Kier alpha value is -1.50. The molecular formula is C17H13ClFN3S2. The van der Waals surface area contributed by atoms with Crippen LogP contribution in [-0.2, 0) is 0 Å². The molecule has 3 nitrogen and oxygen atoms in total. The van der Waals surface area contributed by atoms with Crippen molar-refractivity contribution in [3.05, 3.63) is 46.3 Å². The van der Waals surface area contributed by atoms with Crippen LogP contribution in [0.4, 0.5) is 4.39 Å². The minimum absolute atomic E-state index is 0.326. The molecule has 0 atom stereocenters. The number of hydrogen-bond acceptors (Lipinski definition) is 5. The summed E-state index contributed by atoms with van der Waals surface area (Å²) in [5.41, 5.74) is 1.81. The Morgan fingerprint density at radius 3 is 2.83 bits per heavy atom. The van der Waals surface area contributed by atoms with Crippen LogP contribution in [0.2, 0.25) is 5.02 Å². The van der Waals surface area contributed by atoms with Crippen LogP contribution in [0.3, 0.4) is 0 Å². The number of benzene rings is 1. The minimum atomic E-state index is -0.326. The molecule has 0 aliphatic heterocycles. The van der Waals surface area contributed by atoms with Crippen LogP contribution in [0, 0.1) is 5.82 Å². The predicted octanol–water partition coefficient (Wildman–Crippen LogP) is 5.66. The second-order valence-electron chi connectivity index (χ2n) is 5.56. The summed E-state index contributed by atoms with van der Waals surface area (Å²) in [6.07, 6.45) is 5.94. The SMILES string of the molecule is CSc1nccc(-c2sc(C3CC3)nc2-c2cc(Cl)ccc2F)n1. The van der Waals surface area contributed by atoms with E-state index in [9.17, 15) is 4.39 Å². The topological polar surface area (TPSA) is 38.7 Å². The van der Waals surface area contributed by atoms with E-state index >= 15 is 0 Å². The van der Waals surface area contributed by atoms with Crippen molar-refractivity contribution >= 4 is 34.7 Å². The van der Waals surface area contributed by atoms with E-state index < -0.39 is 0 Å². The summed E-state index contributed by atoms with van der Waals surface area (Å²) >= 11 is 9.14. The lowest BCUT2D eigenvalue weighted by molar-refractivity contribution is 0.631. The Balaban J connectivity index is 1.90. The maximum Gasteiger partial charge on any atom is 0.187 e. The molecule has 4 rings (SSSR count). The van der Waals surface area contributed by atoms with Crippen molar-refractivity contribution in [1.82, 2.24) is 15.0 Å². The maximum atomic E-state index is 14.4. The lowest BCUT2D eigenvalue weighted by atomic mass is 10.1. The summed E-state index contributed by atoms with van der Waals surface area (Å²) in [4.78, 5) is 14.4. The molecule has 1 aliphatic rings. The monoisotopic (exact) mass is 377 g/mol. The molecule has 0 unspecified atom stereocenters. The highest BCUT2D eigenvalue weighted by Crippen LogP contribution is 2.47. The lowest BCUT2D eigenvalue weighted by Crippen LogP contribution is -1.91. The van der Waals surface area contributed by atoms with Crippen LogP contribution in [0.25, 0.3) is 21.8 Å². The fraction of sp³-hybridized carbons (Fsp3) is 0.235. The highest BCUT2D eigenvalue weighted by Gasteiger charge is 2.30. The first-order chi connectivity index (χ1) is 11.7. The van der Waals surface area contributed by atoms with Crippen LogP contribution in [0.15, 0.2) is 35.6 Å². The van der Waals surface area contributed by atoms with Gasteiger partial charge in [0.15, 0.2) is 5.16 Å². The molecule has 1 aromatic carbocycles. The maximum absolute atomic E-state index is 14.4. The summed E-state index contributed by atoms with van der Waals surface area (Å²) < 4.78 is 14.4. The average molecular weight is 378 g/mol. The van der Waals surface area contributed by atoms with Gasteiger partial charge in [0.05, 0.1) is 21.3 Å². The Labute approximate surface area is 152 Å². The van der Waals surface area contributed by atoms with Gasteiger partial charge in [-0.05, 0) is 43.4 Å². The molecular weight excluding hydrogens is 365 g/mol. The average Bonchev–Trinajstić information content (AvgIpc) is 3.36. The van der Waals surface area contributed by atoms with Gasteiger partial charge in [0.1, 0.15) is 5.82 Å². The summed E-state index contributed by atoms with van der Waals surface area (Å²) in [5.74, 6) is 0.166. The van der Waals surface area contributed by atoms with E-state index in [4.69, 9.17) is 16.6 Å². The first-order valence-electron chi connectivity index (χ1n) is 7.49. The quantitative estimate of drug-likeness (QED) is 0.434. The van der Waals surface area contributed by atoms with Gasteiger partial charge in [-0.25, -0.2) is 19.3 Å².